The van der Waals surface area contributed by atoms with Gasteiger partial charge in [0.2, 0.25) is 5.91 Å². The van der Waals surface area contributed by atoms with Gasteiger partial charge >= 0.3 is 0 Å². The van der Waals surface area contributed by atoms with Crippen LogP contribution in [0.5, 0.6) is 5.75 Å². The highest BCUT2D eigenvalue weighted by atomic mass is 16.5. The molecule has 1 amide bonds. The zero-order chi connectivity index (χ0) is 17.7. The predicted octanol–water partition coefficient (Wildman–Crippen LogP) is 4.45. The van der Waals surface area contributed by atoms with E-state index < -0.39 is 0 Å². The van der Waals surface area contributed by atoms with Gasteiger partial charge in [0, 0.05) is 5.69 Å². The normalized spacial score (nSPS) is 10.6. The number of ether oxygens (including phenoxy) is 1. The number of hydrogen-bond donors (Lipinski definition) is 2. The number of hydrogen-bond acceptors (Lipinski definition) is 3. The molecule has 0 heterocycles. The highest BCUT2D eigenvalue weighted by molar-refractivity contribution is 5.95. The molecule has 0 aromatic heterocycles. The molecule has 0 aliphatic rings. The molecule has 0 aliphatic heterocycles. The molecular weight excluding hydrogens is 300 g/mol. The lowest BCUT2D eigenvalue weighted by molar-refractivity contribution is -0.114. The quantitative estimate of drug-likeness (QED) is 0.824. The van der Waals surface area contributed by atoms with Crippen molar-refractivity contribution >= 4 is 17.3 Å². The summed E-state index contributed by atoms with van der Waals surface area (Å²) in [5.41, 5.74) is 5.21. The minimum atomic E-state index is -0.103. The third-order valence-electron chi connectivity index (χ3n) is 3.63. The van der Waals surface area contributed by atoms with Crippen LogP contribution < -0.4 is 15.4 Å². The Balaban J connectivity index is 2.02. The smallest absolute Gasteiger partial charge is 0.243 e. The van der Waals surface area contributed by atoms with Crippen molar-refractivity contribution in [1.29, 1.82) is 0 Å². The summed E-state index contributed by atoms with van der Waals surface area (Å²) in [5, 5.41) is 6.15. The molecule has 0 aliphatic carbocycles. The molecule has 0 spiro atoms. The SMILES string of the molecule is Cc1cc(C)c(NCC(=O)Nc2ccccc2OC(C)C)c(C)c1. The Kier molecular flexibility index (Phi) is 5.85. The second-order valence-corrected chi connectivity index (χ2v) is 6.34. The summed E-state index contributed by atoms with van der Waals surface area (Å²) in [6.07, 6.45) is 0.0547. The van der Waals surface area contributed by atoms with E-state index in [1.165, 1.54) is 5.56 Å². The number of benzene rings is 2. The molecule has 128 valence electrons. The van der Waals surface area contributed by atoms with Crippen LogP contribution in [0.1, 0.15) is 30.5 Å². The van der Waals surface area contributed by atoms with Gasteiger partial charge in [-0.25, -0.2) is 0 Å². The number of aryl methyl sites for hydroxylation is 3. The van der Waals surface area contributed by atoms with E-state index in [9.17, 15) is 4.79 Å². The van der Waals surface area contributed by atoms with Gasteiger partial charge in [-0.3, -0.25) is 4.79 Å². The van der Waals surface area contributed by atoms with Crippen LogP contribution in [0.15, 0.2) is 36.4 Å². The van der Waals surface area contributed by atoms with Gasteiger partial charge in [0.1, 0.15) is 5.75 Å². The molecule has 0 atom stereocenters. The fourth-order valence-corrected chi connectivity index (χ4v) is 2.75. The van der Waals surface area contributed by atoms with Crippen LogP contribution in [0.25, 0.3) is 0 Å². The van der Waals surface area contributed by atoms with Crippen molar-refractivity contribution in [1.82, 2.24) is 0 Å². The van der Waals surface area contributed by atoms with E-state index >= 15 is 0 Å². The number of para-hydroxylation sites is 2. The molecule has 0 fully saturated rings. The van der Waals surface area contributed by atoms with Gasteiger partial charge in [0.15, 0.2) is 0 Å². The third-order valence-corrected chi connectivity index (χ3v) is 3.63. The molecule has 4 nitrogen and oxygen atoms in total. The second-order valence-electron chi connectivity index (χ2n) is 6.34. The molecule has 4 heteroatoms. The Morgan fingerprint density at radius 1 is 1.08 bits per heavy atom. The summed E-state index contributed by atoms with van der Waals surface area (Å²) >= 11 is 0. The maximum Gasteiger partial charge on any atom is 0.243 e. The Bertz CT molecular complexity index is 700. The van der Waals surface area contributed by atoms with E-state index in [0.29, 0.717) is 11.4 Å². The average Bonchev–Trinajstić information content (AvgIpc) is 2.47. The maximum atomic E-state index is 12.3. The number of amides is 1. The molecule has 24 heavy (non-hydrogen) atoms. The van der Waals surface area contributed by atoms with Gasteiger partial charge in [-0.15, -0.1) is 0 Å². The zero-order valence-corrected chi connectivity index (χ0v) is 15.1. The molecule has 2 rings (SSSR count). The summed E-state index contributed by atoms with van der Waals surface area (Å²) in [7, 11) is 0. The predicted molar refractivity (Wildman–Crippen MR) is 100.0 cm³/mol. The summed E-state index contributed by atoms with van der Waals surface area (Å²) in [6, 6.07) is 11.7. The molecule has 0 saturated heterocycles. The minimum absolute atomic E-state index is 0.0547. The van der Waals surface area contributed by atoms with Crippen LogP contribution in [0.4, 0.5) is 11.4 Å². The molecule has 0 saturated carbocycles. The van der Waals surface area contributed by atoms with E-state index in [-0.39, 0.29) is 18.6 Å². The van der Waals surface area contributed by atoms with Gasteiger partial charge in [-0.1, -0.05) is 29.8 Å². The molecule has 0 unspecified atom stereocenters. The van der Waals surface area contributed by atoms with Crippen molar-refractivity contribution in [2.75, 3.05) is 17.2 Å². The summed E-state index contributed by atoms with van der Waals surface area (Å²) in [6.45, 7) is 10.3. The fraction of sp³-hybridized carbons (Fsp3) is 0.350. The van der Waals surface area contributed by atoms with E-state index in [1.54, 1.807) is 0 Å². The van der Waals surface area contributed by atoms with Crippen molar-refractivity contribution in [3.05, 3.63) is 53.1 Å². The van der Waals surface area contributed by atoms with Crippen molar-refractivity contribution in [2.24, 2.45) is 0 Å². The molecule has 0 radical (unpaired) electrons. The number of anilines is 2. The lowest BCUT2D eigenvalue weighted by atomic mass is 10.1. The van der Waals surface area contributed by atoms with Crippen molar-refractivity contribution in [3.8, 4) is 5.75 Å². The standard InChI is InChI=1S/C20H26N2O2/c1-13(2)24-18-9-7-6-8-17(18)22-19(23)12-21-20-15(4)10-14(3)11-16(20)5/h6-11,13,21H,12H2,1-5H3,(H,22,23). The molecule has 2 N–H and O–H groups in total. The van der Waals surface area contributed by atoms with Gasteiger partial charge < -0.3 is 15.4 Å². The van der Waals surface area contributed by atoms with Crippen molar-refractivity contribution in [3.63, 3.8) is 0 Å². The van der Waals surface area contributed by atoms with Crippen LogP contribution >= 0.6 is 0 Å². The minimum Gasteiger partial charge on any atom is -0.489 e. The van der Waals surface area contributed by atoms with E-state index in [4.69, 9.17) is 4.74 Å². The average molecular weight is 326 g/mol. The summed E-state index contributed by atoms with van der Waals surface area (Å²) in [5.74, 6) is 0.581. The molecule has 2 aromatic rings. The summed E-state index contributed by atoms with van der Waals surface area (Å²) < 4.78 is 5.73. The van der Waals surface area contributed by atoms with E-state index in [2.05, 4.69) is 29.7 Å². The number of carbonyl (C=O) groups is 1. The van der Waals surface area contributed by atoms with Gasteiger partial charge in [-0.2, -0.15) is 0 Å². The van der Waals surface area contributed by atoms with Crippen LogP contribution in [-0.2, 0) is 4.79 Å². The Morgan fingerprint density at radius 2 is 1.71 bits per heavy atom. The Hall–Kier alpha value is -2.49. The van der Waals surface area contributed by atoms with Crippen LogP contribution in [0.2, 0.25) is 0 Å². The number of nitrogens with one attached hydrogen (secondary N) is 2. The highest BCUT2D eigenvalue weighted by Gasteiger charge is 2.10. The number of rotatable bonds is 6. The zero-order valence-electron chi connectivity index (χ0n) is 15.1. The van der Waals surface area contributed by atoms with E-state index in [0.717, 1.165) is 16.8 Å². The first kappa shape index (κ1) is 17.9. The summed E-state index contributed by atoms with van der Waals surface area (Å²) in [4.78, 5) is 12.3. The highest BCUT2D eigenvalue weighted by Crippen LogP contribution is 2.25. The maximum absolute atomic E-state index is 12.3. The Labute approximate surface area is 144 Å². The first-order chi connectivity index (χ1) is 11.4. The van der Waals surface area contributed by atoms with Crippen LogP contribution in [-0.4, -0.2) is 18.6 Å². The van der Waals surface area contributed by atoms with Crippen molar-refractivity contribution < 1.29 is 9.53 Å². The van der Waals surface area contributed by atoms with Gasteiger partial charge in [0.05, 0.1) is 18.3 Å². The third kappa shape index (κ3) is 4.75. The van der Waals surface area contributed by atoms with Crippen LogP contribution in [0, 0.1) is 20.8 Å². The first-order valence-electron chi connectivity index (χ1n) is 8.24. The first-order valence-corrected chi connectivity index (χ1v) is 8.24. The Morgan fingerprint density at radius 3 is 2.33 bits per heavy atom. The molecular formula is C20H26N2O2. The van der Waals surface area contributed by atoms with Crippen LogP contribution in [0.3, 0.4) is 0 Å². The monoisotopic (exact) mass is 326 g/mol. The van der Waals surface area contributed by atoms with Gasteiger partial charge in [0.25, 0.3) is 0 Å². The second kappa shape index (κ2) is 7.86. The van der Waals surface area contributed by atoms with E-state index in [1.807, 2.05) is 52.0 Å². The molecule has 0 bridgehead atoms. The number of carbonyl (C=O) groups excluding carboxylic acids is 1. The topological polar surface area (TPSA) is 50.4 Å². The largest absolute Gasteiger partial charge is 0.489 e. The lowest BCUT2D eigenvalue weighted by Crippen LogP contribution is -2.23. The van der Waals surface area contributed by atoms with Gasteiger partial charge in [-0.05, 0) is 57.9 Å². The fourth-order valence-electron chi connectivity index (χ4n) is 2.75. The molecule has 2 aromatic carbocycles. The lowest BCUT2D eigenvalue weighted by Gasteiger charge is -2.16. The van der Waals surface area contributed by atoms with Crippen molar-refractivity contribution in [2.45, 2.75) is 40.7 Å².